The van der Waals surface area contributed by atoms with Gasteiger partial charge in [-0.1, -0.05) is 72.8 Å². The highest BCUT2D eigenvalue weighted by molar-refractivity contribution is 6.05. The minimum atomic E-state index is -0.968. The first-order chi connectivity index (χ1) is 19.9. The predicted molar refractivity (Wildman–Crippen MR) is 148 cm³/mol. The number of carbonyl (C=O) groups excluding carboxylic acids is 5. The molecule has 41 heavy (non-hydrogen) atoms. The van der Waals surface area contributed by atoms with Crippen LogP contribution in [-0.2, 0) is 37.0 Å². The number of benzene rings is 3. The lowest BCUT2D eigenvalue weighted by molar-refractivity contribution is -0.137. The number of piperidine rings is 1. The van der Waals surface area contributed by atoms with E-state index in [2.05, 4.69) is 16.0 Å². The van der Waals surface area contributed by atoms with Crippen LogP contribution < -0.4 is 16.0 Å². The lowest BCUT2D eigenvalue weighted by atomic mass is 10.0. The molecule has 1 fully saturated rings. The predicted octanol–water partition coefficient (Wildman–Crippen LogP) is 2.31. The number of amides is 5. The van der Waals surface area contributed by atoms with Gasteiger partial charge in [0.25, 0.3) is 11.8 Å². The van der Waals surface area contributed by atoms with Gasteiger partial charge in [0.2, 0.25) is 17.7 Å². The molecule has 3 aromatic carbocycles. The zero-order valence-electron chi connectivity index (χ0n) is 22.5. The highest BCUT2D eigenvalue weighted by atomic mass is 16.5. The van der Waals surface area contributed by atoms with Gasteiger partial charge in [0, 0.05) is 32.2 Å². The van der Waals surface area contributed by atoms with Crippen LogP contribution in [0.1, 0.15) is 57.6 Å². The Hall–Kier alpha value is -4.83. The van der Waals surface area contributed by atoms with Gasteiger partial charge in [0.1, 0.15) is 12.1 Å². The van der Waals surface area contributed by atoms with Crippen LogP contribution in [0.15, 0.2) is 78.9 Å². The van der Waals surface area contributed by atoms with E-state index in [9.17, 15) is 24.0 Å². The molecular formula is C31H30N4O6. The number of methoxy groups -OCH3 is 1. The highest BCUT2D eigenvalue weighted by Crippen LogP contribution is 2.28. The third-order valence-corrected chi connectivity index (χ3v) is 7.31. The number of ether oxygens (including phenoxy) is 1. The maximum absolute atomic E-state index is 13.4. The Morgan fingerprint density at radius 2 is 1.63 bits per heavy atom. The summed E-state index contributed by atoms with van der Waals surface area (Å²) in [5, 5.41) is 8.02. The maximum Gasteiger partial charge on any atom is 0.255 e. The summed E-state index contributed by atoms with van der Waals surface area (Å²) in [5.41, 5.74) is 3.27. The van der Waals surface area contributed by atoms with E-state index in [1.165, 1.54) is 12.0 Å². The number of hydrogen-bond donors (Lipinski definition) is 3. The molecule has 0 saturated carbocycles. The summed E-state index contributed by atoms with van der Waals surface area (Å²) in [6, 6.07) is 21.6. The van der Waals surface area contributed by atoms with Crippen LogP contribution in [0.25, 0.3) is 0 Å². The Labute approximate surface area is 237 Å². The van der Waals surface area contributed by atoms with E-state index >= 15 is 0 Å². The van der Waals surface area contributed by atoms with Crippen LogP contribution in [0.4, 0.5) is 0 Å². The monoisotopic (exact) mass is 554 g/mol. The van der Waals surface area contributed by atoms with Crippen LogP contribution in [0.5, 0.6) is 0 Å². The van der Waals surface area contributed by atoms with Gasteiger partial charge in [-0.25, -0.2) is 0 Å². The molecule has 2 aliphatic heterocycles. The summed E-state index contributed by atoms with van der Waals surface area (Å²) in [4.78, 5) is 64.9. The van der Waals surface area contributed by atoms with E-state index in [0.29, 0.717) is 16.7 Å². The molecule has 5 rings (SSSR count). The van der Waals surface area contributed by atoms with E-state index in [1.807, 2.05) is 30.3 Å². The number of rotatable bonds is 9. The second-order valence-corrected chi connectivity index (χ2v) is 9.99. The molecule has 2 unspecified atom stereocenters. The summed E-state index contributed by atoms with van der Waals surface area (Å²) in [6.45, 7) is 0.396. The van der Waals surface area contributed by atoms with E-state index in [-0.39, 0.29) is 37.7 Å². The van der Waals surface area contributed by atoms with E-state index in [4.69, 9.17) is 4.74 Å². The van der Waals surface area contributed by atoms with Gasteiger partial charge >= 0.3 is 0 Å². The van der Waals surface area contributed by atoms with Crippen molar-refractivity contribution in [3.63, 3.8) is 0 Å². The minimum absolute atomic E-state index is 0.157. The van der Waals surface area contributed by atoms with Crippen LogP contribution in [-0.4, -0.2) is 47.6 Å². The van der Waals surface area contributed by atoms with Gasteiger partial charge in [-0.2, -0.15) is 0 Å². The summed E-state index contributed by atoms with van der Waals surface area (Å²) in [5.74, 6) is -1.92. The number of imide groups is 1. The first kappa shape index (κ1) is 27.7. The largest absolute Gasteiger partial charge is 0.367 e. The highest BCUT2D eigenvalue weighted by Gasteiger charge is 2.39. The quantitative estimate of drug-likeness (QED) is 0.348. The van der Waals surface area contributed by atoms with Crippen LogP contribution >= 0.6 is 0 Å². The van der Waals surface area contributed by atoms with Crippen molar-refractivity contribution < 1.29 is 28.7 Å². The SMILES string of the molecule is COC(C(=O)N[C@H](C(=O)NCc1ccc2c(c1)CN(C1CCC(=O)NC1=O)C2=O)c1ccccc1)c1ccccc1. The first-order valence-corrected chi connectivity index (χ1v) is 13.3. The fraction of sp³-hybridized carbons (Fsp3) is 0.258. The fourth-order valence-electron chi connectivity index (χ4n) is 5.22. The van der Waals surface area contributed by atoms with Crippen molar-refractivity contribution in [3.05, 3.63) is 107 Å². The summed E-state index contributed by atoms with van der Waals surface area (Å²) >= 11 is 0. The molecule has 10 heteroatoms. The second-order valence-electron chi connectivity index (χ2n) is 9.99. The second kappa shape index (κ2) is 12.1. The summed E-state index contributed by atoms with van der Waals surface area (Å²) in [6.07, 6.45) is -0.422. The molecule has 0 aliphatic carbocycles. The standard InChI is InChI=1S/C31H30N4O6/c1-41-27(21-10-6-3-7-11-21)30(39)34-26(20-8-4-2-5-9-20)29(38)32-17-19-12-13-23-22(16-19)18-35(31(23)40)24-14-15-25(36)33-28(24)37/h2-13,16,24,26-27H,14-15,17-18H2,1H3,(H,32,38)(H,34,39)(H,33,36,37)/t24?,26-,27?/m0/s1. The Morgan fingerprint density at radius 3 is 2.29 bits per heavy atom. The van der Waals surface area contributed by atoms with Crippen molar-refractivity contribution in [1.29, 1.82) is 0 Å². The van der Waals surface area contributed by atoms with Gasteiger partial charge in [0.05, 0.1) is 0 Å². The smallest absolute Gasteiger partial charge is 0.255 e. The average Bonchev–Trinajstić information content (AvgIpc) is 3.31. The Bertz CT molecular complexity index is 1480. The van der Waals surface area contributed by atoms with Crippen LogP contribution in [0, 0.1) is 0 Å². The topological polar surface area (TPSA) is 134 Å². The molecule has 0 bridgehead atoms. The van der Waals surface area contributed by atoms with Gasteiger partial charge < -0.3 is 20.3 Å². The molecule has 2 aliphatic rings. The van der Waals surface area contributed by atoms with Gasteiger partial charge in [-0.3, -0.25) is 29.3 Å². The molecule has 0 radical (unpaired) electrons. The molecule has 5 amide bonds. The third-order valence-electron chi connectivity index (χ3n) is 7.31. The van der Waals surface area contributed by atoms with Gasteiger partial charge in [-0.15, -0.1) is 0 Å². The lowest BCUT2D eigenvalue weighted by Crippen LogP contribution is -2.52. The number of hydrogen-bond acceptors (Lipinski definition) is 6. The van der Waals surface area contributed by atoms with Crippen molar-refractivity contribution in [2.45, 2.75) is 44.1 Å². The Kier molecular flexibility index (Phi) is 8.21. The number of nitrogens with zero attached hydrogens (tertiary/aromatic N) is 1. The normalized spacial score (nSPS) is 17.8. The molecule has 0 spiro atoms. The third kappa shape index (κ3) is 6.02. The summed E-state index contributed by atoms with van der Waals surface area (Å²) in [7, 11) is 1.44. The molecule has 0 aromatic heterocycles. The number of fused-ring (bicyclic) bond motifs is 1. The molecule has 10 nitrogen and oxygen atoms in total. The van der Waals surface area contributed by atoms with Gasteiger partial charge in [-0.05, 0) is 34.7 Å². The maximum atomic E-state index is 13.4. The lowest BCUT2D eigenvalue weighted by Gasteiger charge is -2.29. The molecule has 3 aromatic rings. The van der Waals surface area contributed by atoms with E-state index < -0.39 is 35.9 Å². The van der Waals surface area contributed by atoms with Gasteiger partial charge in [0.15, 0.2) is 6.10 Å². The number of carbonyl (C=O) groups is 5. The van der Waals surface area contributed by atoms with Crippen LogP contribution in [0.2, 0.25) is 0 Å². The van der Waals surface area contributed by atoms with Crippen molar-refractivity contribution >= 4 is 29.5 Å². The van der Waals surface area contributed by atoms with Crippen molar-refractivity contribution in [2.24, 2.45) is 0 Å². The Morgan fingerprint density at radius 1 is 0.951 bits per heavy atom. The fourth-order valence-corrected chi connectivity index (χ4v) is 5.22. The van der Waals surface area contributed by atoms with Crippen molar-refractivity contribution in [2.75, 3.05) is 7.11 Å². The zero-order valence-corrected chi connectivity index (χ0v) is 22.5. The molecular weight excluding hydrogens is 524 g/mol. The van der Waals surface area contributed by atoms with Crippen LogP contribution in [0.3, 0.4) is 0 Å². The van der Waals surface area contributed by atoms with Crippen molar-refractivity contribution in [3.8, 4) is 0 Å². The zero-order chi connectivity index (χ0) is 28.9. The molecule has 2 heterocycles. The molecule has 1 saturated heterocycles. The summed E-state index contributed by atoms with van der Waals surface area (Å²) < 4.78 is 5.44. The van der Waals surface area contributed by atoms with E-state index in [0.717, 1.165) is 11.1 Å². The molecule has 3 atom stereocenters. The average molecular weight is 555 g/mol. The van der Waals surface area contributed by atoms with Crippen molar-refractivity contribution in [1.82, 2.24) is 20.9 Å². The molecule has 210 valence electrons. The number of nitrogens with one attached hydrogen (secondary N) is 3. The minimum Gasteiger partial charge on any atom is -0.367 e. The molecule has 3 N–H and O–H groups in total. The Balaban J connectivity index is 1.27. The van der Waals surface area contributed by atoms with E-state index in [1.54, 1.807) is 48.5 Å². The first-order valence-electron chi connectivity index (χ1n) is 13.3.